The predicted octanol–water partition coefficient (Wildman–Crippen LogP) is 3.24. The molecule has 2 fully saturated rings. The molecule has 0 bridgehead atoms. The Morgan fingerprint density at radius 3 is 1.53 bits per heavy atom. The summed E-state index contributed by atoms with van der Waals surface area (Å²) in [4.78, 5) is 0. The Hall–Kier alpha value is -0.160. The first-order valence-electron chi connectivity index (χ1n) is 7.72. The molecule has 4 heteroatoms. The van der Waals surface area contributed by atoms with Crippen molar-refractivity contribution in [3.8, 4) is 0 Å². The highest BCUT2D eigenvalue weighted by Gasteiger charge is 2.33. The van der Waals surface area contributed by atoms with Gasteiger partial charge in [-0.15, -0.1) is 0 Å². The monoisotopic (exact) mass is 272 g/mol. The number of hydrogen-bond donors (Lipinski definition) is 0. The largest absolute Gasteiger partial charge is 0.349 e. The molecule has 2 heterocycles. The van der Waals surface area contributed by atoms with Crippen LogP contribution < -0.4 is 0 Å². The minimum absolute atomic E-state index is 0.193. The fourth-order valence-corrected chi connectivity index (χ4v) is 2.88. The second-order valence-electron chi connectivity index (χ2n) is 5.79. The molecule has 0 spiro atoms. The van der Waals surface area contributed by atoms with Crippen molar-refractivity contribution < 1.29 is 18.9 Å². The molecule has 4 nitrogen and oxygen atoms in total. The van der Waals surface area contributed by atoms with Gasteiger partial charge in [0.05, 0.1) is 24.4 Å². The lowest BCUT2D eigenvalue weighted by Crippen LogP contribution is -2.43. The summed E-state index contributed by atoms with van der Waals surface area (Å²) < 4.78 is 23.5. The zero-order chi connectivity index (χ0) is 13.8. The highest BCUT2D eigenvalue weighted by atomic mass is 16.7. The summed E-state index contributed by atoms with van der Waals surface area (Å²) in [6.07, 6.45) is 5.42. The van der Waals surface area contributed by atoms with Crippen LogP contribution in [0.2, 0.25) is 0 Å². The smallest absolute Gasteiger partial charge is 0.163 e. The molecule has 6 unspecified atom stereocenters. The highest BCUT2D eigenvalue weighted by molar-refractivity contribution is 4.73. The fourth-order valence-electron chi connectivity index (χ4n) is 2.88. The lowest BCUT2D eigenvalue weighted by atomic mass is 10.1. The second kappa shape index (κ2) is 7.02. The molecule has 0 saturated carbocycles. The summed E-state index contributed by atoms with van der Waals surface area (Å²) >= 11 is 0. The minimum atomic E-state index is -0.193. The summed E-state index contributed by atoms with van der Waals surface area (Å²) in [5.74, 6) is 0. The van der Waals surface area contributed by atoms with Gasteiger partial charge in [-0.3, -0.25) is 0 Å². The zero-order valence-corrected chi connectivity index (χ0v) is 12.6. The number of rotatable bonds is 4. The van der Waals surface area contributed by atoms with E-state index in [2.05, 4.69) is 27.7 Å². The Morgan fingerprint density at radius 2 is 1.16 bits per heavy atom. The van der Waals surface area contributed by atoms with Crippen molar-refractivity contribution in [2.75, 3.05) is 0 Å². The molecule has 2 rings (SSSR count). The predicted molar refractivity (Wildman–Crippen MR) is 72.8 cm³/mol. The summed E-state index contributed by atoms with van der Waals surface area (Å²) in [5, 5.41) is 0. The molecule has 2 aliphatic rings. The number of ether oxygens (including phenoxy) is 4. The molecule has 0 aromatic rings. The topological polar surface area (TPSA) is 36.9 Å². The van der Waals surface area contributed by atoms with Gasteiger partial charge in [-0.25, -0.2) is 0 Å². The van der Waals surface area contributed by atoms with Crippen molar-refractivity contribution in [2.45, 2.75) is 96.8 Å². The van der Waals surface area contributed by atoms with E-state index in [1.54, 1.807) is 0 Å². The molecule has 2 saturated heterocycles. The van der Waals surface area contributed by atoms with Crippen LogP contribution in [0, 0.1) is 0 Å². The van der Waals surface area contributed by atoms with Gasteiger partial charge in [0, 0.05) is 6.42 Å². The number of hydrogen-bond acceptors (Lipinski definition) is 4. The lowest BCUT2D eigenvalue weighted by molar-refractivity contribution is -0.296. The van der Waals surface area contributed by atoms with E-state index in [0.29, 0.717) is 18.6 Å². The highest BCUT2D eigenvalue weighted by Crippen LogP contribution is 2.28. The van der Waals surface area contributed by atoms with Crippen LogP contribution >= 0.6 is 0 Å². The van der Waals surface area contributed by atoms with Gasteiger partial charge < -0.3 is 18.9 Å². The molecule has 0 aromatic heterocycles. The molecule has 0 aromatic carbocycles. The Bertz CT molecular complexity index is 245. The van der Waals surface area contributed by atoms with Crippen LogP contribution in [0.1, 0.15) is 59.8 Å². The van der Waals surface area contributed by atoms with Crippen molar-refractivity contribution in [3.63, 3.8) is 0 Å². The first-order chi connectivity index (χ1) is 9.10. The SMILES string of the molecule is CCC1CC(C)OC(CC2OC(C)CC(CC)O2)O1. The van der Waals surface area contributed by atoms with E-state index in [1.165, 1.54) is 0 Å². The molecule has 19 heavy (non-hydrogen) atoms. The van der Waals surface area contributed by atoms with Crippen molar-refractivity contribution in [1.82, 2.24) is 0 Å². The quantitative estimate of drug-likeness (QED) is 0.787. The molecule has 0 radical (unpaired) electrons. The van der Waals surface area contributed by atoms with Gasteiger partial charge in [0.1, 0.15) is 0 Å². The Labute approximate surface area is 116 Å². The third-order valence-electron chi connectivity index (χ3n) is 3.94. The Morgan fingerprint density at radius 1 is 0.737 bits per heavy atom. The third-order valence-corrected chi connectivity index (χ3v) is 3.94. The van der Waals surface area contributed by atoms with Crippen LogP contribution in [0.25, 0.3) is 0 Å². The Kier molecular flexibility index (Phi) is 5.63. The normalized spacial score (nSPS) is 44.2. The molecule has 0 amide bonds. The van der Waals surface area contributed by atoms with Gasteiger partial charge in [0.2, 0.25) is 0 Å². The first kappa shape index (κ1) is 15.2. The first-order valence-corrected chi connectivity index (χ1v) is 7.72. The summed E-state index contributed by atoms with van der Waals surface area (Å²) in [6, 6.07) is 0. The molecular weight excluding hydrogens is 244 g/mol. The average Bonchev–Trinajstić information content (AvgIpc) is 2.37. The van der Waals surface area contributed by atoms with E-state index in [-0.39, 0.29) is 24.8 Å². The maximum atomic E-state index is 5.93. The molecule has 0 N–H and O–H groups in total. The van der Waals surface area contributed by atoms with Crippen molar-refractivity contribution >= 4 is 0 Å². The molecule has 2 aliphatic heterocycles. The summed E-state index contributed by atoms with van der Waals surface area (Å²) in [7, 11) is 0. The summed E-state index contributed by atoms with van der Waals surface area (Å²) in [5.41, 5.74) is 0. The van der Waals surface area contributed by atoms with Crippen LogP contribution in [0.4, 0.5) is 0 Å². The van der Waals surface area contributed by atoms with Crippen LogP contribution in [-0.2, 0) is 18.9 Å². The minimum Gasteiger partial charge on any atom is -0.349 e. The zero-order valence-electron chi connectivity index (χ0n) is 12.6. The lowest BCUT2D eigenvalue weighted by Gasteiger charge is -2.38. The molecular formula is C15H28O4. The molecule has 0 aliphatic carbocycles. The average molecular weight is 272 g/mol. The summed E-state index contributed by atoms with van der Waals surface area (Å²) in [6.45, 7) is 8.53. The van der Waals surface area contributed by atoms with E-state index in [0.717, 1.165) is 25.7 Å². The van der Waals surface area contributed by atoms with Crippen LogP contribution in [0.3, 0.4) is 0 Å². The van der Waals surface area contributed by atoms with Crippen LogP contribution in [0.5, 0.6) is 0 Å². The van der Waals surface area contributed by atoms with Crippen molar-refractivity contribution in [3.05, 3.63) is 0 Å². The van der Waals surface area contributed by atoms with Gasteiger partial charge in [0.15, 0.2) is 12.6 Å². The van der Waals surface area contributed by atoms with E-state index in [9.17, 15) is 0 Å². The van der Waals surface area contributed by atoms with E-state index >= 15 is 0 Å². The fraction of sp³-hybridized carbons (Fsp3) is 1.00. The van der Waals surface area contributed by atoms with Gasteiger partial charge in [-0.2, -0.15) is 0 Å². The molecule has 112 valence electrons. The van der Waals surface area contributed by atoms with Gasteiger partial charge in [-0.1, -0.05) is 13.8 Å². The third kappa shape index (κ3) is 4.42. The van der Waals surface area contributed by atoms with E-state index < -0.39 is 0 Å². The van der Waals surface area contributed by atoms with Crippen molar-refractivity contribution in [2.24, 2.45) is 0 Å². The van der Waals surface area contributed by atoms with Crippen LogP contribution in [0.15, 0.2) is 0 Å². The van der Waals surface area contributed by atoms with Gasteiger partial charge >= 0.3 is 0 Å². The standard InChI is InChI=1S/C15H28O4/c1-5-12-7-10(3)16-14(18-12)9-15-17-11(4)8-13(6-2)19-15/h10-15H,5-9H2,1-4H3. The van der Waals surface area contributed by atoms with Gasteiger partial charge in [-0.05, 0) is 39.5 Å². The van der Waals surface area contributed by atoms with Crippen molar-refractivity contribution in [1.29, 1.82) is 0 Å². The maximum Gasteiger partial charge on any atom is 0.163 e. The van der Waals surface area contributed by atoms with E-state index in [1.807, 2.05) is 0 Å². The van der Waals surface area contributed by atoms with Gasteiger partial charge in [0.25, 0.3) is 0 Å². The second-order valence-corrected chi connectivity index (χ2v) is 5.79. The molecule has 6 atom stereocenters. The Balaban J connectivity index is 1.85. The van der Waals surface area contributed by atoms with E-state index in [4.69, 9.17) is 18.9 Å². The van der Waals surface area contributed by atoms with Crippen LogP contribution in [-0.4, -0.2) is 37.0 Å². The maximum absolute atomic E-state index is 5.93.